The van der Waals surface area contributed by atoms with Gasteiger partial charge in [0.2, 0.25) is 29.5 Å². The number of hydrogen-bond acceptors (Lipinski definition) is 22. The van der Waals surface area contributed by atoms with Gasteiger partial charge in [-0.3, -0.25) is 33.8 Å². The number of nitrogens with one attached hydrogen (secondary N) is 6. The Kier molecular flexibility index (Phi) is 21.6. The Morgan fingerprint density at radius 1 is 0.800 bits per heavy atom. The number of carbonyl (C=O) groups is 6. The standard InChI is InChI=1S/C35H61N7O22S/c1-13(60-34-24(37-14(2)47)27(50)26(49)21(11-45)62-34)23(32(54)41-19(10-44)33(55)56)42-30(52)16(6-4-5-7-36)40-31(53)17-8-20(18(9-43)39-17)61-35-25(38-15(3)48)28(51)29(22(12-46)63-35)64-65(57,58)59/h13,16-29,34-35,39,43-46,49-51H,4-12,36H2,1-3H3,(H,37,47)(H,38,48)(H,40,53)(H,41,54)(H,42,52)(H,55,56)(H,57,58,59)/t13-,16?,17+,18-,19+,20+,21-,22-,23+,24-,25-,26-,27-,28-,29-,34-,35-/m1/s1. The summed E-state index contributed by atoms with van der Waals surface area (Å²) in [6.07, 6.45) is -16.5. The van der Waals surface area contributed by atoms with Gasteiger partial charge >= 0.3 is 16.4 Å². The third-order valence-corrected chi connectivity index (χ3v) is 11.1. The number of rotatable bonds is 24. The van der Waals surface area contributed by atoms with Crippen molar-refractivity contribution in [1.82, 2.24) is 31.9 Å². The predicted octanol–water partition coefficient (Wildman–Crippen LogP) is -9.13. The summed E-state index contributed by atoms with van der Waals surface area (Å²) in [6, 6.07) is -10.7. The largest absolute Gasteiger partial charge is 0.480 e. The molecule has 0 aromatic rings. The molecule has 17 atom stereocenters. The fourth-order valence-corrected chi connectivity index (χ4v) is 7.86. The number of carbonyl (C=O) groups excluding carboxylic acids is 5. The van der Waals surface area contributed by atoms with Crippen LogP contribution in [0.2, 0.25) is 0 Å². The number of carboxylic acid groups (broad SMARTS) is 1. The molecule has 0 spiro atoms. The second-order valence-corrected chi connectivity index (χ2v) is 16.6. The minimum Gasteiger partial charge on any atom is -0.480 e. The molecule has 0 saturated carbocycles. The molecule has 3 heterocycles. The van der Waals surface area contributed by atoms with Gasteiger partial charge in [0.1, 0.15) is 66.8 Å². The molecule has 1 unspecified atom stereocenters. The van der Waals surface area contributed by atoms with Gasteiger partial charge in [-0.15, -0.1) is 0 Å². The molecular weight excluding hydrogens is 902 g/mol. The van der Waals surface area contributed by atoms with Gasteiger partial charge in [-0.05, 0) is 39.2 Å². The Morgan fingerprint density at radius 2 is 1.40 bits per heavy atom. The SMILES string of the molecule is CC(=O)N[C@H]1[C@H](O[C@H]2C[C@@H](C(=O)NC(CCCCN)C(=O)N[C@H](C(=O)N[C@@H](CO)C(=O)O)[C@@H](C)O[C@@H]3O[C@H](CO)[C@@H](O)[C@H](O)[C@H]3NC(C)=O)N[C@@H]2CO)O[C@H](CO)[C@@H](OS(=O)(=O)O)[C@@H]1O. The molecule has 30 heteroatoms. The van der Waals surface area contributed by atoms with E-state index in [1.807, 2.05) is 5.32 Å². The first kappa shape index (κ1) is 55.5. The normalized spacial score (nSPS) is 32.3. The lowest BCUT2D eigenvalue weighted by atomic mass is 9.96. The predicted molar refractivity (Wildman–Crippen MR) is 212 cm³/mol. The Balaban J connectivity index is 1.88. The zero-order valence-corrected chi connectivity index (χ0v) is 36.3. The van der Waals surface area contributed by atoms with Gasteiger partial charge in [0, 0.05) is 13.8 Å². The van der Waals surface area contributed by atoms with Gasteiger partial charge in [-0.25, -0.2) is 8.98 Å². The van der Waals surface area contributed by atoms with E-state index >= 15 is 0 Å². The van der Waals surface area contributed by atoms with E-state index in [0.29, 0.717) is 6.42 Å². The molecule has 3 saturated heterocycles. The molecule has 5 amide bonds. The van der Waals surface area contributed by atoms with Crippen molar-refractivity contribution in [2.75, 3.05) is 33.0 Å². The molecule has 0 bridgehead atoms. The molecular formula is C35H61N7O22S. The molecule has 374 valence electrons. The second kappa shape index (κ2) is 25.3. The molecule has 3 aliphatic rings. The minimum absolute atomic E-state index is 0.108. The number of unbranched alkanes of at least 4 members (excludes halogenated alkanes) is 1. The lowest BCUT2D eigenvalue weighted by molar-refractivity contribution is -0.281. The van der Waals surface area contributed by atoms with Gasteiger partial charge in [-0.2, -0.15) is 8.42 Å². The first-order chi connectivity index (χ1) is 30.5. The summed E-state index contributed by atoms with van der Waals surface area (Å²) in [5, 5.41) is 95.6. The summed E-state index contributed by atoms with van der Waals surface area (Å²) in [4.78, 5) is 77.4. The number of carboxylic acids is 1. The van der Waals surface area contributed by atoms with Crippen LogP contribution in [0.5, 0.6) is 0 Å². The van der Waals surface area contributed by atoms with Crippen molar-refractivity contribution < 1.29 is 106 Å². The van der Waals surface area contributed by atoms with Crippen molar-refractivity contribution in [3.8, 4) is 0 Å². The molecule has 3 rings (SSSR count). The summed E-state index contributed by atoms with van der Waals surface area (Å²) in [6.45, 7) is -0.108. The van der Waals surface area contributed by atoms with E-state index in [4.69, 9.17) is 24.7 Å². The van der Waals surface area contributed by atoms with Crippen LogP contribution in [0, 0.1) is 0 Å². The molecule has 29 nitrogen and oxygen atoms in total. The van der Waals surface area contributed by atoms with Crippen molar-refractivity contribution >= 4 is 45.9 Å². The van der Waals surface area contributed by atoms with Crippen LogP contribution in [0.1, 0.15) is 46.5 Å². The van der Waals surface area contributed by atoms with E-state index in [0.717, 1.165) is 13.8 Å². The lowest BCUT2D eigenvalue weighted by Crippen LogP contribution is -2.66. The van der Waals surface area contributed by atoms with Crippen LogP contribution in [0.25, 0.3) is 0 Å². The summed E-state index contributed by atoms with van der Waals surface area (Å²) in [5.41, 5.74) is 5.66. The van der Waals surface area contributed by atoms with Crippen molar-refractivity contribution in [2.45, 2.75) is 150 Å². The Morgan fingerprint density at radius 3 is 1.92 bits per heavy atom. The number of aliphatic hydroxyl groups is 7. The number of hydrogen-bond donors (Lipinski definition) is 16. The van der Waals surface area contributed by atoms with Crippen LogP contribution >= 0.6 is 0 Å². The maximum atomic E-state index is 14.1. The van der Waals surface area contributed by atoms with Crippen LogP contribution in [-0.2, 0) is 62.3 Å². The summed E-state index contributed by atoms with van der Waals surface area (Å²) < 4.78 is 59.7. The van der Waals surface area contributed by atoms with E-state index < -0.39 is 176 Å². The Bertz CT molecular complexity index is 1740. The van der Waals surface area contributed by atoms with E-state index in [2.05, 4.69) is 30.8 Å². The van der Waals surface area contributed by atoms with Crippen LogP contribution in [0.3, 0.4) is 0 Å². The Labute approximate surface area is 371 Å². The zero-order chi connectivity index (χ0) is 48.9. The van der Waals surface area contributed by atoms with E-state index in [1.54, 1.807) is 0 Å². The highest BCUT2D eigenvalue weighted by Gasteiger charge is 2.51. The maximum absolute atomic E-state index is 14.1. The highest BCUT2D eigenvalue weighted by atomic mass is 32.3. The van der Waals surface area contributed by atoms with Gasteiger partial charge in [0.15, 0.2) is 12.6 Å². The van der Waals surface area contributed by atoms with Crippen LogP contribution in [0.4, 0.5) is 0 Å². The molecule has 65 heavy (non-hydrogen) atoms. The maximum Gasteiger partial charge on any atom is 0.397 e. The van der Waals surface area contributed by atoms with Crippen molar-refractivity contribution in [3.63, 3.8) is 0 Å². The van der Waals surface area contributed by atoms with Crippen molar-refractivity contribution in [1.29, 1.82) is 0 Å². The minimum atomic E-state index is -5.21. The Hall–Kier alpha value is -3.83. The molecule has 0 radical (unpaired) electrons. The van der Waals surface area contributed by atoms with Gasteiger partial charge in [0.05, 0.1) is 50.7 Å². The van der Waals surface area contributed by atoms with Gasteiger partial charge in [0.25, 0.3) is 0 Å². The van der Waals surface area contributed by atoms with E-state index in [1.165, 1.54) is 6.92 Å². The summed E-state index contributed by atoms with van der Waals surface area (Å²) >= 11 is 0. The average molecular weight is 964 g/mol. The highest BCUT2D eigenvalue weighted by molar-refractivity contribution is 7.80. The number of amides is 5. The molecule has 3 aliphatic heterocycles. The summed E-state index contributed by atoms with van der Waals surface area (Å²) in [5.74, 6) is -6.29. The monoisotopic (exact) mass is 963 g/mol. The van der Waals surface area contributed by atoms with E-state index in [9.17, 15) is 82.6 Å². The highest BCUT2D eigenvalue weighted by Crippen LogP contribution is 2.29. The van der Waals surface area contributed by atoms with Gasteiger partial charge in [-0.1, -0.05) is 0 Å². The smallest absolute Gasteiger partial charge is 0.397 e. The lowest BCUT2D eigenvalue weighted by Gasteiger charge is -2.44. The van der Waals surface area contributed by atoms with Crippen molar-refractivity contribution in [3.05, 3.63) is 0 Å². The van der Waals surface area contributed by atoms with Crippen LogP contribution in [-0.4, -0.2) is 226 Å². The third kappa shape index (κ3) is 15.6. The molecule has 0 aromatic heterocycles. The number of aliphatic hydroxyl groups excluding tert-OH is 7. The fraction of sp³-hybridized carbons (Fsp3) is 0.829. The third-order valence-electron chi connectivity index (χ3n) is 10.6. The first-order valence-electron chi connectivity index (χ1n) is 20.4. The molecule has 17 N–H and O–H groups in total. The molecule has 0 aromatic carbocycles. The van der Waals surface area contributed by atoms with Crippen LogP contribution in [0.15, 0.2) is 0 Å². The number of nitrogens with two attached hydrogens (primary N) is 1. The quantitative estimate of drug-likeness (QED) is 0.0315. The summed E-state index contributed by atoms with van der Waals surface area (Å²) in [7, 11) is -5.21. The topological polar surface area (TPSA) is 463 Å². The first-order valence-corrected chi connectivity index (χ1v) is 21.8. The number of ether oxygens (including phenoxy) is 4. The zero-order valence-electron chi connectivity index (χ0n) is 35.5. The molecule has 3 fully saturated rings. The van der Waals surface area contributed by atoms with E-state index in [-0.39, 0.29) is 25.8 Å². The van der Waals surface area contributed by atoms with Crippen LogP contribution < -0.4 is 37.6 Å². The molecule has 0 aliphatic carbocycles. The fourth-order valence-electron chi connectivity index (χ4n) is 7.34. The van der Waals surface area contributed by atoms with Crippen molar-refractivity contribution in [2.24, 2.45) is 5.73 Å². The number of aliphatic carboxylic acids is 1. The second-order valence-electron chi connectivity index (χ2n) is 15.5. The van der Waals surface area contributed by atoms with Gasteiger partial charge < -0.3 is 92.1 Å². The average Bonchev–Trinajstić information content (AvgIpc) is 3.65.